The third-order valence-corrected chi connectivity index (χ3v) is 11.2. The molecule has 0 bridgehead atoms. The number of aromatic hydroxyl groups is 1. The Morgan fingerprint density at radius 3 is 2.15 bits per heavy atom. The Morgan fingerprint density at radius 2 is 1.52 bits per heavy atom. The summed E-state index contributed by atoms with van der Waals surface area (Å²) >= 11 is 6.78. The maximum atomic E-state index is 14.0. The van der Waals surface area contributed by atoms with Crippen LogP contribution < -0.4 is 11.0 Å². The fourth-order valence-electron chi connectivity index (χ4n) is 7.10. The molecule has 1 atom stereocenters. The van der Waals surface area contributed by atoms with Crippen molar-refractivity contribution in [2.24, 2.45) is 0 Å². The van der Waals surface area contributed by atoms with Gasteiger partial charge in [-0.15, -0.1) is 0 Å². The Hall–Kier alpha value is -3.20. The number of aromatic amines is 1. The van der Waals surface area contributed by atoms with Crippen molar-refractivity contribution in [2.45, 2.75) is 50.2 Å². The van der Waals surface area contributed by atoms with Crippen LogP contribution in [0.4, 0.5) is 9.18 Å². The van der Waals surface area contributed by atoms with E-state index >= 15 is 0 Å². The van der Waals surface area contributed by atoms with E-state index in [9.17, 15) is 23.9 Å². The summed E-state index contributed by atoms with van der Waals surface area (Å²) in [5.74, 6) is -0.386. The average molecular weight is 792 g/mol. The zero-order valence-electron chi connectivity index (χ0n) is 27.0. The monoisotopic (exact) mass is 789 g/mol. The second kappa shape index (κ2) is 15.1. The number of piperidine rings is 2. The summed E-state index contributed by atoms with van der Waals surface area (Å²) in [6.07, 6.45) is 5.44. The number of nitrogens with zero attached hydrogens (tertiary/aromatic N) is 5. The Kier molecular flexibility index (Phi) is 10.9. The van der Waals surface area contributed by atoms with Crippen LogP contribution in [0.1, 0.15) is 37.3 Å². The second-order valence-electron chi connectivity index (χ2n) is 13.1. The van der Waals surface area contributed by atoms with Crippen LogP contribution in [-0.4, -0.2) is 118 Å². The molecular weight excluding hydrogens is 749 g/mol. The predicted octanol–water partition coefficient (Wildman–Crippen LogP) is 4.41. The normalized spacial score (nSPS) is 19.4. The zero-order valence-corrected chi connectivity index (χ0v) is 30.2. The summed E-state index contributed by atoms with van der Waals surface area (Å²) in [4.78, 5) is 51.8. The van der Waals surface area contributed by atoms with Gasteiger partial charge in [0.25, 0.3) is 0 Å². The number of imidazole rings is 1. The lowest BCUT2D eigenvalue weighted by Gasteiger charge is -2.43. The highest BCUT2D eigenvalue weighted by atomic mass is 79.9. The Bertz CT molecular complexity index is 1640. The predicted molar refractivity (Wildman–Crippen MR) is 188 cm³/mol. The number of hydrogen-bond donors (Lipinski definition) is 3. The number of urea groups is 1. The topological polar surface area (TPSA) is 117 Å². The van der Waals surface area contributed by atoms with Gasteiger partial charge in [-0.2, -0.15) is 0 Å². The molecule has 6 rings (SSSR count). The van der Waals surface area contributed by atoms with E-state index in [1.165, 1.54) is 12.1 Å². The van der Waals surface area contributed by atoms with Crippen LogP contribution in [0.5, 0.6) is 5.75 Å². The molecule has 48 heavy (non-hydrogen) atoms. The first-order valence-corrected chi connectivity index (χ1v) is 18.1. The number of rotatable bonds is 7. The van der Waals surface area contributed by atoms with Crippen molar-refractivity contribution in [3.8, 4) is 17.0 Å². The van der Waals surface area contributed by atoms with Gasteiger partial charge in [0.1, 0.15) is 17.6 Å². The molecule has 3 aliphatic rings. The first kappa shape index (κ1) is 34.7. The summed E-state index contributed by atoms with van der Waals surface area (Å²) in [7, 11) is 2.16. The largest absolute Gasteiger partial charge is 0.506 e. The number of likely N-dealkylation sites (tertiary alicyclic amines) is 2. The minimum absolute atomic E-state index is 0.0740. The van der Waals surface area contributed by atoms with Crippen molar-refractivity contribution in [2.75, 3.05) is 59.4 Å². The van der Waals surface area contributed by atoms with E-state index in [-0.39, 0.29) is 41.7 Å². The van der Waals surface area contributed by atoms with Crippen molar-refractivity contribution >= 4 is 43.8 Å². The van der Waals surface area contributed by atoms with E-state index in [0.29, 0.717) is 59.7 Å². The van der Waals surface area contributed by atoms with E-state index in [1.54, 1.807) is 39.9 Å². The van der Waals surface area contributed by atoms with Gasteiger partial charge in [-0.05, 0) is 125 Å². The molecule has 0 aliphatic carbocycles. The van der Waals surface area contributed by atoms with Crippen LogP contribution in [0, 0.1) is 5.82 Å². The van der Waals surface area contributed by atoms with E-state index in [1.807, 2.05) is 4.90 Å². The van der Waals surface area contributed by atoms with Gasteiger partial charge >= 0.3 is 11.7 Å². The molecule has 1 aromatic heterocycles. The third kappa shape index (κ3) is 7.98. The first-order valence-electron chi connectivity index (χ1n) is 16.6. The Balaban J connectivity index is 1.10. The van der Waals surface area contributed by atoms with Gasteiger partial charge in [-0.25, -0.2) is 14.0 Å². The lowest BCUT2D eigenvalue weighted by atomic mass is 10.0. The number of aromatic nitrogens is 2. The molecule has 2 aromatic carbocycles. The number of phenolic OH excluding ortho intramolecular Hbond substituents is 1. The molecule has 0 saturated carbocycles. The molecule has 3 amide bonds. The number of carbonyl (C=O) groups excluding carboxylic acids is 2. The Morgan fingerprint density at radius 1 is 0.917 bits per heavy atom. The highest BCUT2D eigenvalue weighted by Crippen LogP contribution is 2.34. The molecule has 0 unspecified atom stereocenters. The van der Waals surface area contributed by atoms with Crippen LogP contribution in [0.3, 0.4) is 0 Å². The highest BCUT2D eigenvalue weighted by molar-refractivity contribution is 9.11. The van der Waals surface area contributed by atoms with Crippen LogP contribution in [0.25, 0.3) is 11.3 Å². The molecular formula is C34H42Br2FN7O4. The molecule has 11 nitrogen and oxygen atoms in total. The smallest absolute Gasteiger partial charge is 0.326 e. The molecule has 0 spiro atoms. The maximum Gasteiger partial charge on any atom is 0.326 e. The van der Waals surface area contributed by atoms with Crippen LogP contribution in [0.2, 0.25) is 0 Å². The number of phenols is 1. The van der Waals surface area contributed by atoms with Gasteiger partial charge in [0, 0.05) is 64.0 Å². The summed E-state index contributed by atoms with van der Waals surface area (Å²) in [6, 6.07) is 8.83. The van der Waals surface area contributed by atoms with Crippen molar-refractivity contribution in [3.05, 3.63) is 73.4 Å². The van der Waals surface area contributed by atoms with Crippen LogP contribution >= 0.6 is 31.9 Å². The van der Waals surface area contributed by atoms with Crippen molar-refractivity contribution < 1.29 is 19.1 Å². The fourth-order valence-corrected chi connectivity index (χ4v) is 8.39. The molecule has 3 aliphatic heterocycles. The van der Waals surface area contributed by atoms with Crippen molar-refractivity contribution in [3.63, 3.8) is 0 Å². The minimum Gasteiger partial charge on any atom is -0.506 e. The van der Waals surface area contributed by atoms with Crippen LogP contribution in [-0.2, 0) is 11.2 Å². The van der Waals surface area contributed by atoms with Crippen molar-refractivity contribution in [1.29, 1.82) is 0 Å². The first-order chi connectivity index (χ1) is 23.0. The number of carbonyl (C=O) groups is 2. The van der Waals surface area contributed by atoms with Gasteiger partial charge in [0.15, 0.2) is 0 Å². The number of piperazine rings is 1. The van der Waals surface area contributed by atoms with E-state index < -0.39 is 6.04 Å². The second-order valence-corrected chi connectivity index (χ2v) is 14.8. The average Bonchev–Trinajstić information content (AvgIpc) is 3.48. The molecule has 3 N–H and O–H groups in total. The minimum atomic E-state index is -0.793. The molecule has 14 heteroatoms. The van der Waals surface area contributed by atoms with Gasteiger partial charge in [-0.3, -0.25) is 14.3 Å². The Labute approximate surface area is 296 Å². The van der Waals surface area contributed by atoms with Gasteiger partial charge in [0.2, 0.25) is 5.91 Å². The SMILES string of the molecule is CN1CCC(N2CCN(C(=O)[C@H](Cc3cc(Br)c(O)c(Br)c3)NC(=O)N3CCC(n4cc(-c5ccc(F)cc5)[nH]c4=O)CC3)CC2)CC1. The summed E-state index contributed by atoms with van der Waals surface area (Å²) in [5, 5.41) is 13.3. The lowest BCUT2D eigenvalue weighted by Crippen LogP contribution is -2.59. The summed E-state index contributed by atoms with van der Waals surface area (Å²) in [6.45, 7) is 5.86. The quantitative estimate of drug-likeness (QED) is 0.327. The van der Waals surface area contributed by atoms with Gasteiger partial charge in [0.05, 0.1) is 14.6 Å². The molecule has 3 fully saturated rings. The maximum absolute atomic E-state index is 14.0. The molecule has 3 saturated heterocycles. The number of nitrogens with one attached hydrogen (secondary N) is 2. The zero-order chi connectivity index (χ0) is 33.9. The number of benzene rings is 2. The van der Waals surface area contributed by atoms with E-state index in [0.717, 1.165) is 50.1 Å². The molecule has 258 valence electrons. The number of halogens is 3. The van der Waals surface area contributed by atoms with Crippen LogP contribution in [0.15, 0.2) is 56.3 Å². The van der Waals surface area contributed by atoms with Gasteiger partial charge in [-0.1, -0.05) is 0 Å². The third-order valence-electron chi connectivity index (χ3n) is 9.99. The number of hydrogen-bond acceptors (Lipinski definition) is 6. The van der Waals surface area contributed by atoms with E-state index in [4.69, 9.17) is 0 Å². The molecule has 3 aromatic rings. The number of H-pyrrole nitrogens is 1. The standard InChI is InChI=1S/C34H42Br2FN7O4/c1-40-10-6-25(7-11-40)41-14-16-42(17-15-41)32(46)29(20-22-18-27(35)31(45)28(36)19-22)38-33(47)43-12-8-26(9-13-43)44-21-30(39-34(44)48)23-2-4-24(37)5-3-23/h2-5,18-19,21,25-26,29,45H,6-17,20H2,1H3,(H,38,47)(H,39,48)/t29-/m0/s1. The fraction of sp³-hybridized carbons (Fsp3) is 0.500. The lowest BCUT2D eigenvalue weighted by molar-refractivity contribution is -0.135. The van der Waals surface area contributed by atoms with E-state index in [2.05, 4.69) is 59.0 Å². The van der Waals surface area contributed by atoms with Crippen molar-refractivity contribution in [1.82, 2.24) is 34.5 Å². The molecule has 4 heterocycles. The molecule has 0 radical (unpaired) electrons. The summed E-state index contributed by atoms with van der Waals surface area (Å²) < 4.78 is 16.1. The number of amides is 3. The highest BCUT2D eigenvalue weighted by Gasteiger charge is 2.34. The summed E-state index contributed by atoms with van der Waals surface area (Å²) in [5.41, 5.74) is 1.87. The van der Waals surface area contributed by atoms with Gasteiger partial charge < -0.3 is 30.1 Å².